The summed E-state index contributed by atoms with van der Waals surface area (Å²) in [5.74, 6) is 0. The maximum Gasteiger partial charge on any atom is 0.248 e. The second-order valence-electron chi connectivity index (χ2n) is 2.38. The Morgan fingerprint density at radius 2 is 2.00 bits per heavy atom. The molecule has 1 heterocycles. The lowest BCUT2D eigenvalue weighted by Gasteiger charge is -1.87. The monoisotopic (exact) mass is 191 g/mol. The van der Waals surface area contributed by atoms with E-state index in [0.29, 0.717) is 0 Å². The van der Waals surface area contributed by atoms with Gasteiger partial charge in [-0.05, 0) is 24.3 Å². The fraction of sp³-hybridized carbons (Fsp3) is 0.250. The van der Waals surface area contributed by atoms with Crippen LogP contribution in [-0.2, 0) is 0 Å². The molecule has 76 valence electrons. The quantitative estimate of drug-likeness (QED) is 0.710. The van der Waals surface area contributed by atoms with Crippen LogP contribution in [0.5, 0.6) is 0 Å². The Morgan fingerprint density at radius 1 is 1.36 bits per heavy atom. The summed E-state index contributed by atoms with van der Waals surface area (Å²) >= 11 is 0. The molecule has 0 aliphatic rings. The Kier molecular flexibility index (Phi) is 6.12. The second kappa shape index (κ2) is 6.89. The van der Waals surface area contributed by atoms with Crippen molar-refractivity contribution in [2.75, 3.05) is 0 Å². The van der Waals surface area contributed by atoms with Crippen molar-refractivity contribution in [3.63, 3.8) is 0 Å². The number of allylic oxidation sites excluding steroid dienone is 1. The second-order valence-corrected chi connectivity index (χ2v) is 2.38. The van der Waals surface area contributed by atoms with Crippen molar-refractivity contribution >= 4 is 12.2 Å². The predicted molar refractivity (Wildman–Crippen MR) is 62.5 cm³/mol. The van der Waals surface area contributed by atoms with E-state index in [4.69, 9.17) is 0 Å². The molecular weight excluding hydrogens is 174 g/mol. The van der Waals surface area contributed by atoms with E-state index in [0.717, 1.165) is 10.6 Å². The van der Waals surface area contributed by atoms with Crippen LogP contribution in [0.25, 0.3) is 12.2 Å². The van der Waals surface area contributed by atoms with Gasteiger partial charge in [-0.25, -0.2) is 0 Å². The molecule has 0 aliphatic heterocycles. The van der Waals surface area contributed by atoms with E-state index in [1.165, 1.54) is 6.07 Å². The number of hydrogen-bond donors (Lipinski definition) is 1. The Labute approximate surface area is 84.3 Å². The smallest absolute Gasteiger partial charge is 0.248 e. The summed E-state index contributed by atoms with van der Waals surface area (Å²) in [6, 6.07) is 3.30. The lowest BCUT2D eigenvalue weighted by Crippen LogP contribution is -2.32. The van der Waals surface area contributed by atoms with Crippen molar-refractivity contribution in [3.05, 3.63) is 45.7 Å². The molecule has 0 unspecified atom stereocenters. The molecule has 0 radical (unpaired) electrons. The van der Waals surface area contributed by atoms with Crippen LogP contribution in [0.15, 0.2) is 29.6 Å². The largest absolute Gasteiger partial charge is 0.322 e. The van der Waals surface area contributed by atoms with Crippen LogP contribution in [0, 0.1) is 0 Å². The number of rotatable bonds is 1. The number of H-pyrrole nitrogens is 1. The highest BCUT2D eigenvalue weighted by Gasteiger charge is 1.83. The number of pyridine rings is 1. The van der Waals surface area contributed by atoms with E-state index >= 15 is 0 Å². The summed E-state index contributed by atoms with van der Waals surface area (Å²) < 4.78 is 0. The Balaban J connectivity index is 0.000000791. The summed E-state index contributed by atoms with van der Waals surface area (Å²) in [6.07, 6.45) is 5.36. The normalized spacial score (nSPS) is 11.9. The van der Waals surface area contributed by atoms with E-state index in [-0.39, 0.29) is 5.56 Å². The Morgan fingerprint density at radius 3 is 2.50 bits per heavy atom. The van der Waals surface area contributed by atoms with Gasteiger partial charge in [0.15, 0.2) is 0 Å². The van der Waals surface area contributed by atoms with E-state index in [1.807, 2.05) is 26.8 Å². The molecule has 1 aromatic heterocycles. The van der Waals surface area contributed by atoms with E-state index in [9.17, 15) is 4.79 Å². The first kappa shape index (κ1) is 12.4. The molecule has 0 spiro atoms. The number of aromatic amines is 1. The molecule has 0 atom stereocenters. The van der Waals surface area contributed by atoms with Gasteiger partial charge in [-0.2, -0.15) is 0 Å². The summed E-state index contributed by atoms with van der Waals surface area (Å²) in [6.45, 7) is 9.49. The zero-order valence-corrected chi connectivity index (χ0v) is 9.00. The molecule has 1 rings (SSSR count). The van der Waals surface area contributed by atoms with Crippen LogP contribution >= 0.6 is 0 Å². The third-order valence-electron chi connectivity index (χ3n) is 1.58. The highest BCUT2D eigenvalue weighted by atomic mass is 16.1. The highest BCUT2D eigenvalue weighted by molar-refractivity contribution is 5.34. The average molecular weight is 191 g/mol. The van der Waals surface area contributed by atoms with Crippen LogP contribution in [0.4, 0.5) is 0 Å². The molecule has 0 saturated carbocycles. The minimum atomic E-state index is -0.0892. The van der Waals surface area contributed by atoms with Gasteiger partial charge in [0.25, 0.3) is 0 Å². The third kappa shape index (κ3) is 3.44. The van der Waals surface area contributed by atoms with Crippen molar-refractivity contribution in [3.8, 4) is 0 Å². The van der Waals surface area contributed by atoms with Crippen molar-refractivity contribution in [1.82, 2.24) is 4.98 Å². The van der Waals surface area contributed by atoms with Crippen LogP contribution in [-0.4, -0.2) is 4.98 Å². The van der Waals surface area contributed by atoms with Crippen LogP contribution < -0.4 is 16.1 Å². The average Bonchev–Trinajstić information content (AvgIpc) is 2.22. The first-order chi connectivity index (χ1) is 6.77. The molecule has 0 bridgehead atoms. The van der Waals surface area contributed by atoms with E-state index in [1.54, 1.807) is 18.2 Å². The molecule has 1 N–H and O–H groups in total. The first-order valence-electron chi connectivity index (χ1n) is 4.76. The fourth-order valence-corrected chi connectivity index (χ4v) is 1.01. The Hall–Kier alpha value is -1.57. The highest BCUT2D eigenvalue weighted by Crippen LogP contribution is 1.63. The summed E-state index contributed by atoms with van der Waals surface area (Å²) in [7, 11) is 0. The molecule has 0 amide bonds. The summed E-state index contributed by atoms with van der Waals surface area (Å²) in [4.78, 5) is 13.6. The van der Waals surface area contributed by atoms with E-state index < -0.39 is 0 Å². The van der Waals surface area contributed by atoms with Crippen molar-refractivity contribution in [2.45, 2.75) is 20.8 Å². The Bertz CT molecular complexity index is 440. The van der Waals surface area contributed by atoms with Crippen LogP contribution in [0.2, 0.25) is 0 Å². The van der Waals surface area contributed by atoms with Crippen LogP contribution in [0.3, 0.4) is 0 Å². The summed E-state index contributed by atoms with van der Waals surface area (Å²) in [5, 5.41) is 1.81. The zero-order valence-electron chi connectivity index (χ0n) is 9.00. The third-order valence-corrected chi connectivity index (χ3v) is 1.58. The fourth-order valence-electron chi connectivity index (χ4n) is 1.01. The number of aromatic nitrogens is 1. The minimum absolute atomic E-state index is 0.0892. The van der Waals surface area contributed by atoms with E-state index in [2.05, 4.69) is 11.6 Å². The van der Waals surface area contributed by atoms with Gasteiger partial charge >= 0.3 is 0 Å². The SMILES string of the molecule is C=C/C=c1/[nH]c(=O)cc/c1=C/C.CC. The van der Waals surface area contributed by atoms with Gasteiger partial charge in [-0.1, -0.05) is 32.6 Å². The number of nitrogens with one attached hydrogen (secondary N) is 1. The van der Waals surface area contributed by atoms with Gasteiger partial charge in [0.2, 0.25) is 5.56 Å². The van der Waals surface area contributed by atoms with Crippen molar-refractivity contribution < 1.29 is 0 Å². The van der Waals surface area contributed by atoms with Gasteiger partial charge < -0.3 is 4.98 Å². The van der Waals surface area contributed by atoms with Crippen molar-refractivity contribution in [1.29, 1.82) is 0 Å². The lowest BCUT2D eigenvalue weighted by molar-refractivity contribution is 1.15. The predicted octanol–water partition coefficient (Wildman–Crippen LogP) is 1.17. The zero-order chi connectivity index (χ0) is 11.0. The molecule has 2 heteroatoms. The molecule has 2 nitrogen and oxygen atoms in total. The van der Waals surface area contributed by atoms with Gasteiger partial charge in [0, 0.05) is 11.4 Å². The van der Waals surface area contributed by atoms with Gasteiger partial charge in [-0.15, -0.1) is 0 Å². The van der Waals surface area contributed by atoms with Gasteiger partial charge in [-0.3, -0.25) is 4.79 Å². The molecule has 0 saturated heterocycles. The van der Waals surface area contributed by atoms with Gasteiger partial charge in [0.1, 0.15) is 0 Å². The number of hydrogen-bond acceptors (Lipinski definition) is 1. The first-order valence-corrected chi connectivity index (χ1v) is 4.76. The molecule has 0 fully saturated rings. The lowest BCUT2D eigenvalue weighted by atomic mass is 10.3. The summed E-state index contributed by atoms with van der Waals surface area (Å²) in [5.41, 5.74) is -0.0892. The molecule has 0 aromatic carbocycles. The molecule has 14 heavy (non-hydrogen) atoms. The van der Waals surface area contributed by atoms with Gasteiger partial charge in [0.05, 0.1) is 0 Å². The van der Waals surface area contributed by atoms with Crippen molar-refractivity contribution in [2.24, 2.45) is 0 Å². The standard InChI is InChI=1S/C10H11NO.C2H6/c1-3-5-9-8(4-2)6-7-10(12)11-9;1-2/h3-7H,1H2,2H3,(H,11,12);1-2H3/b8-4-,9-5+;. The molecule has 1 aromatic rings. The molecule has 0 aliphatic carbocycles. The minimum Gasteiger partial charge on any atom is -0.322 e. The maximum absolute atomic E-state index is 10.9. The maximum atomic E-state index is 10.9. The molecular formula is C12H17NO. The topological polar surface area (TPSA) is 32.9 Å². The van der Waals surface area contributed by atoms with Crippen LogP contribution in [0.1, 0.15) is 20.8 Å².